The van der Waals surface area contributed by atoms with Crippen LogP contribution in [0, 0.1) is 0 Å². The molecule has 122 valence electrons. The molecular formula is C15H18N4O4. The van der Waals surface area contributed by atoms with E-state index in [-0.39, 0.29) is 5.91 Å². The van der Waals surface area contributed by atoms with Crippen molar-refractivity contribution in [1.29, 1.82) is 0 Å². The minimum absolute atomic E-state index is 0.0947. The minimum Gasteiger partial charge on any atom is -0.436 e. The maximum Gasteiger partial charge on any atom is 0.407 e. The molecule has 2 rings (SSSR count). The monoisotopic (exact) mass is 318 g/mol. The molecule has 1 aliphatic rings. The Labute approximate surface area is 133 Å². The summed E-state index contributed by atoms with van der Waals surface area (Å²) in [6.07, 6.45) is -0.590. The average Bonchev–Trinajstić information content (AvgIpc) is 2.56. The number of nitrogens with zero attached hydrogens (tertiary/aromatic N) is 1. The third kappa shape index (κ3) is 4.53. The smallest absolute Gasteiger partial charge is 0.407 e. The molecule has 8 nitrogen and oxygen atoms in total. The van der Waals surface area contributed by atoms with E-state index in [0.717, 1.165) is 11.3 Å². The minimum atomic E-state index is -0.910. The molecule has 1 unspecified atom stereocenters. The van der Waals surface area contributed by atoms with Gasteiger partial charge >= 0.3 is 6.09 Å². The van der Waals surface area contributed by atoms with Gasteiger partial charge in [0.1, 0.15) is 0 Å². The predicted molar refractivity (Wildman–Crippen MR) is 84.0 cm³/mol. The van der Waals surface area contributed by atoms with Crippen LogP contribution in [0.2, 0.25) is 0 Å². The first-order chi connectivity index (χ1) is 11.0. The summed E-state index contributed by atoms with van der Waals surface area (Å²) in [6.45, 7) is 1.48. The lowest BCUT2D eigenvalue weighted by Gasteiger charge is -2.14. The number of rotatable bonds is 4. The van der Waals surface area contributed by atoms with Gasteiger partial charge < -0.3 is 15.4 Å². The highest BCUT2D eigenvalue weighted by Crippen LogP contribution is 2.14. The zero-order valence-corrected chi connectivity index (χ0v) is 12.9. The highest BCUT2D eigenvalue weighted by Gasteiger charge is 2.17. The first-order valence-corrected chi connectivity index (χ1v) is 7.14. The molecule has 1 heterocycles. The molecule has 23 heavy (non-hydrogen) atoms. The van der Waals surface area contributed by atoms with E-state index >= 15 is 0 Å². The molecule has 1 aromatic carbocycles. The first kappa shape index (κ1) is 16.5. The number of hydrogen-bond donors (Lipinski definition) is 3. The molecule has 1 aliphatic heterocycles. The molecule has 0 aliphatic carbocycles. The highest BCUT2D eigenvalue weighted by molar-refractivity contribution is 6.04. The van der Waals surface area contributed by atoms with Crippen LogP contribution in [0.15, 0.2) is 29.4 Å². The number of nitrogens with one attached hydrogen (secondary N) is 3. The van der Waals surface area contributed by atoms with Crippen molar-refractivity contribution in [2.45, 2.75) is 25.9 Å². The number of hydrazone groups is 1. The lowest BCUT2D eigenvalue weighted by atomic mass is 10.0. The summed E-state index contributed by atoms with van der Waals surface area (Å²) in [5.41, 5.74) is 4.68. The summed E-state index contributed by atoms with van der Waals surface area (Å²) in [5.74, 6) is -0.522. The summed E-state index contributed by atoms with van der Waals surface area (Å²) in [4.78, 5) is 34.0. The third-order valence-corrected chi connectivity index (χ3v) is 3.25. The van der Waals surface area contributed by atoms with Crippen LogP contribution in [-0.2, 0) is 14.3 Å². The van der Waals surface area contributed by atoms with Crippen LogP contribution in [0.25, 0.3) is 0 Å². The third-order valence-electron chi connectivity index (χ3n) is 3.25. The Morgan fingerprint density at radius 3 is 2.52 bits per heavy atom. The zero-order valence-electron chi connectivity index (χ0n) is 12.9. The molecule has 0 saturated heterocycles. The van der Waals surface area contributed by atoms with E-state index in [4.69, 9.17) is 4.74 Å². The van der Waals surface area contributed by atoms with Gasteiger partial charge in [-0.2, -0.15) is 5.10 Å². The molecule has 0 bridgehead atoms. The number of benzene rings is 1. The van der Waals surface area contributed by atoms with Gasteiger partial charge in [-0.05, 0) is 24.6 Å². The van der Waals surface area contributed by atoms with Crippen LogP contribution in [-0.4, -0.2) is 36.8 Å². The van der Waals surface area contributed by atoms with Gasteiger partial charge in [0.05, 0.1) is 5.71 Å². The zero-order chi connectivity index (χ0) is 16.8. The second-order valence-corrected chi connectivity index (χ2v) is 4.96. The van der Waals surface area contributed by atoms with Gasteiger partial charge in [-0.3, -0.25) is 9.59 Å². The lowest BCUT2D eigenvalue weighted by Crippen LogP contribution is -2.33. The number of amides is 3. The van der Waals surface area contributed by atoms with Crippen molar-refractivity contribution in [2.24, 2.45) is 5.10 Å². The quantitative estimate of drug-likeness (QED) is 0.769. The van der Waals surface area contributed by atoms with Crippen LogP contribution in [0.5, 0.6) is 0 Å². The van der Waals surface area contributed by atoms with Gasteiger partial charge in [0.2, 0.25) is 5.91 Å². The van der Waals surface area contributed by atoms with E-state index < -0.39 is 18.1 Å². The second kappa shape index (κ2) is 7.39. The molecule has 3 N–H and O–H groups in total. The van der Waals surface area contributed by atoms with Crippen molar-refractivity contribution in [3.8, 4) is 0 Å². The number of carbonyl (C=O) groups excluding carboxylic acids is 3. The van der Waals surface area contributed by atoms with Gasteiger partial charge in [-0.1, -0.05) is 12.1 Å². The SMILES string of the molecule is CNC(=O)OC(C)C(=O)Nc1ccc(C2=NNC(=O)CC2)cc1. The van der Waals surface area contributed by atoms with Gasteiger partial charge in [-0.25, -0.2) is 10.2 Å². The number of carbonyl (C=O) groups is 3. The summed E-state index contributed by atoms with van der Waals surface area (Å²) >= 11 is 0. The van der Waals surface area contributed by atoms with E-state index in [9.17, 15) is 14.4 Å². The Morgan fingerprint density at radius 1 is 1.26 bits per heavy atom. The average molecular weight is 318 g/mol. The van der Waals surface area contributed by atoms with Crippen molar-refractivity contribution < 1.29 is 19.1 Å². The van der Waals surface area contributed by atoms with E-state index in [1.165, 1.54) is 14.0 Å². The fraction of sp³-hybridized carbons (Fsp3) is 0.333. The molecule has 3 amide bonds. The molecular weight excluding hydrogens is 300 g/mol. The predicted octanol–water partition coefficient (Wildman–Crippen LogP) is 0.984. The standard InChI is InChI=1S/C15H18N4O4/c1-9(23-15(22)16-2)14(21)17-11-5-3-10(4-6-11)12-7-8-13(20)19-18-12/h3-6,9H,7-8H2,1-2H3,(H,16,22)(H,17,21)(H,19,20). The van der Waals surface area contributed by atoms with Gasteiger partial charge in [0, 0.05) is 25.6 Å². The van der Waals surface area contributed by atoms with E-state index in [0.29, 0.717) is 18.5 Å². The first-order valence-electron chi connectivity index (χ1n) is 7.14. The van der Waals surface area contributed by atoms with Crippen LogP contribution >= 0.6 is 0 Å². The maximum absolute atomic E-state index is 11.9. The fourth-order valence-electron chi connectivity index (χ4n) is 1.95. The molecule has 0 spiro atoms. The highest BCUT2D eigenvalue weighted by atomic mass is 16.6. The van der Waals surface area contributed by atoms with Crippen molar-refractivity contribution in [1.82, 2.24) is 10.7 Å². The van der Waals surface area contributed by atoms with Crippen LogP contribution < -0.4 is 16.1 Å². The van der Waals surface area contributed by atoms with E-state index in [1.54, 1.807) is 24.3 Å². The lowest BCUT2D eigenvalue weighted by molar-refractivity contribution is -0.123. The fourth-order valence-corrected chi connectivity index (χ4v) is 1.95. The molecule has 0 radical (unpaired) electrons. The molecule has 0 fully saturated rings. The summed E-state index contributed by atoms with van der Waals surface area (Å²) in [7, 11) is 1.42. The number of alkyl carbamates (subject to hydrolysis) is 1. The van der Waals surface area contributed by atoms with Crippen molar-refractivity contribution >= 4 is 29.3 Å². The topological polar surface area (TPSA) is 109 Å². The Bertz CT molecular complexity index is 639. The van der Waals surface area contributed by atoms with Crippen LogP contribution in [0.4, 0.5) is 10.5 Å². The number of hydrogen-bond acceptors (Lipinski definition) is 5. The summed E-state index contributed by atoms with van der Waals surface area (Å²) < 4.78 is 4.84. The molecule has 8 heteroatoms. The Morgan fingerprint density at radius 2 is 1.96 bits per heavy atom. The summed E-state index contributed by atoms with van der Waals surface area (Å²) in [5, 5.41) is 8.94. The number of ether oxygens (including phenoxy) is 1. The van der Waals surface area contributed by atoms with E-state index in [2.05, 4.69) is 21.2 Å². The maximum atomic E-state index is 11.9. The number of anilines is 1. The van der Waals surface area contributed by atoms with Crippen molar-refractivity contribution in [3.05, 3.63) is 29.8 Å². The molecule has 1 atom stereocenters. The normalized spacial score (nSPS) is 15.0. The largest absolute Gasteiger partial charge is 0.436 e. The molecule has 0 aromatic heterocycles. The van der Waals surface area contributed by atoms with Gasteiger partial charge in [-0.15, -0.1) is 0 Å². The Hall–Kier alpha value is -2.90. The summed E-state index contributed by atoms with van der Waals surface area (Å²) in [6, 6.07) is 7.05. The van der Waals surface area contributed by atoms with Gasteiger partial charge in [0.25, 0.3) is 5.91 Å². The second-order valence-electron chi connectivity index (χ2n) is 4.96. The van der Waals surface area contributed by atoms with Crippen molar-refractivity contribution in [2.75, 3.05) is 12.4 Å². The van der Waals surface area contributed by atoms with Gasteiger partial charge in [0.15, 0.2) is 6.10 Å². The Balaban J connectivity index is 1.96. The van der Waals surface area contributed by atoms with Crippen LogP contribution in [0.1, 0.15) is 25.3 Å². The molecule has 1 aromatic rings. The van der Waals surface area contributed by atoms with Crippen LogP contribution in [0.3, 0.4) is 0 Å². The Kier molecular flexibility index (Phi) is 5.29. The molecule has 0 saturated carbocycles. The van der Waals surface area contributed by atoms with Crippen molar-refractivity contribution in [3.63, 3.8) is 0 Å². The van der Waals surface area contributed by atoms with E-state index in [1.807, 2.05) is 0 Å².